The van der Waals surface area contributed by atoms with Gasteiger partial charge in [0, 0.05) is 30.2 Å². The van der Waals surface area contributed by atoms with E-state index >= 15 is 0 Å². The molecule has 0 unspecified atom stereocenters. The van der Waals surface area contributed by atoms with Crippen LogP contribution in [0.15, 0.2) is 48.8 Å². The van der Waals surface area contributed by atoms with E-state index in [0.717, 1.165) is 48.4 Å². The second-order valence-electron chi connectivity index (χ2n) is 7.66. The number of aromatic nitrogens is 2. The van der Waals surface area contributed by atoms with Gasteiger partial charge in [-0.15, -0.1) is 0 Å². The van der Waals surface area contributed by atoms with Crippen molar-refractivity contribution in [3.8, 4) is 5.75 Å². The van der Waals surface area contributed by atoms with E-state index in [4.69, 9.17) is 15.2 Å². The first-order valence-electron chi connectivity index (χ1n) is 10.5. The van der Waals surface area contributed by atoms with Gasteiger partial charge in [-0.3, -0.25) is 4.79 Å². The normalized spacial score (nSPS) is 14.8. The minimum Gasteiger partial charge on any atom is -0.493 e. The molecule has 0 amide bonds. The van der Waals surface area contributed by atoms with E-state index < -0.39 is 0 Å². The third kappa shape index (κ3) is 4.67. The molecule has 7 heteroatoms. The SMILES string of the molecule is CCOC(=O)Cn1ccc2cc(OCC3CCN(c4ccc(N)cn4)CC3)ccc21. The van der Waals surface area contributed by atoms with Crippen LogP contribution in [0.4, 0.5) is 11.5 Å². The number of piperidine rings is 1. The first-order valence-corrected chi connectivity index (χ1v) is 10.5. The Labute approximate surface area is 176 Å². The molecular weight excluding hydrogens is 380 g/mol. The number of fused-ring (bicyclic) bond motifs is 1. The van der Waals surface area contributed by atoms with Gasteiger partial charge in [0.05, 0.1) is 25.1 Å². The number of carbonyl (C=O) groups excluding carboxylic acids is 1. The predicted molar refractivity (Wildman–Crippen MR) is 118 cm³/mol. The number of anilines is 2. The number of rotatable bonds is 7. The first-order chi connectivity index (χ1) is 14.6. The molecule has 1 aromatic carbocycles. The van der Waals surface area contributed by atoms with E-state index in [1.807, 2.05) is 54.1 Å². The number of nitrogens with zero attached hydrogens (tertiary/aromatic N) is 3. The van der Waals surface area contributed by atoms with E-state index in [2.05, 4.69) is 9.88 Å². The second kappa shape index (κ2) is 9.07. The van der Waals surface area contributed by atoms with Gasteiger partial charge >= 0.3 is 5.97 Å². The fourth-order valence-corrected chi connectivity index (χ4v) is 3.88. The highest BCUT2D eigenvalue weighted by atomic mass is 16.5. The molecule has 3 heterocycles. The van der Waals surface area contributed by atoms with Crippen molar-refractivity contribution < 1.29 is 14.3 Å². The molecule has 2 N–H and O–H groups in total. The molecule has 3 aromatic rings. The molecule has 7 nitrogen and oxygen atoms in total. The van der Waals surface area contributed by atoms with Crippen LogP contribution >= 0.6 is 0 Å². The van der Waals surface area contributed by atoms with Gasteiger partial charge in [-0.2, -0.15) is 0 Å². The summed E-state index contributed by atoms with van der Waals surface area (Å²) >= 11 is 0. The quantitative estimate of drug-likeness (QED) is 0.603. The monoisotopic (exact) mass is 408 g/mol. The molecule has 1 aliphatic heterocycles. The third-order valence-corrected chi connectivity index (χ3v) is 5.54. The molecule has 0 spiro atoms. The van der Waals surface area contributed by atoms with Gasteiger partial charge in [0.2, 0.25) is 0 Å². The average molecular weight is 409 g/mol. The van der Waals surface area contributed by atoms with E-state index in [-0.39, 0.29) is 12.5 Å². The molecule has 0 aliphatic carbocycles. The van der Waals surface area contributed by atoms with Crippen LogP contribution in [0, 0.1) is 5.92 Å². The number of ether oxygens (including phenoxy) is 2. The smallest absolute Gasteiger partial charge is 0.325 e. The van der Waals surface area contributed by atoms with Crippen LogP contribution in [0.1, 0.15) is 19.8 Å². The summed E-state index contributed by atoms with van der Waals surface area (Å²) in [6.45, 7) is 5.08. The molecule has 0 bridgehead atoms. The standard InChI is InChI=1S/C23H28N4O3/c1-2-29-23(28)15-27-12-9-18-13-20(4-5-21(18)27)30-16-17-7-10-26(11-8-17)22-6-3-19(24)14-25-22/h3-6,9,12-14,17H,2,7-8,10-11,15-16,24H2,1H3. The third-order valence-electron chi connectivity index (χ3n) is 5.54. The van der Waals surface area contributed by atoms with Crippen LogP contribution in [0.25, 0.3) is 10.9 Å². The highest BCUT2D eigenvalue weighted by Crippen LogP contribution is 2.25. The van der Waals surface area contributed by atoms with Crippen LogP contribution in [0.3, 0.4) is 0 Å². The maximum absolute atomic E-state index is 11.7. The van der Waals surface area contributed by atoms with Gasteiger partial charge in [-0.05, 0) is 62.1 Å². The fourth-order valence-electron chi connectivity index (χ4n) is 3.88. The van der Waals surface area contributed by atoms with Crippen LogP contribution in [-0.4, -0.2) is 41.8 Å². The zero-order valence-electron chi connectivity index (χ0n) is 17.3. The van der Waals surface area contributed by atoms with Gasteiger partial charge in [0.1, 0.15) is 18.1 Å². The Morgan fingerprint density at radius 1 is 1.20 bits per heavy atom. The summed E-state index contributed by atoms with van der Waals surface area (Å²) in [5.41, 5.74) is 7.41. The van der Waals surface area contributed by atoms with Crippen molar-refractivity contribution in [3.05, 3.63) is 48.8 Å². The Kier molecular flexibility index (Phi) is 6.07. The Hall–Kier alpha value is -3.22. The van der Waals surface area contributed by atoms with E-state index in [1.54, 1.807) is 6.20 Å². The Morgan fingerprint density at radius 3 is 2.77 bits per heavy atom. The maximum Gasteiger partial charge on any atom is 0.325 e. The number of hydrogen-bond acceptors (Lipinski definition) is 6. The largest absolute Gasteiger partial charge is 0.493 e. The lowest BCUT2D eigenvalue weighted by molar-refractivity contribution is -0.143. The van der Waals surface area contributed by atoms with Gasteiger partial charge < -0.3 is 24.7 Å². The number of nitrogens with two attached hydrogens (primary N) is 1. The second-order valence-corrected chi connectivity index (χ2v) is 7.66. The van der Waals surface area contributed by atoms with Gasteiger partial charge in [-0.25, -0.2) is 4.98 Å². The van der Waals surface area contributed by atoms with Crippen LogP contribution in [0.2, 0.25) is 0 Å². The lowest BCUT2D eigenvalue weighted by Crippen LogP contribution is -2.36. The topological polar surface area (TPSA) is 82.6 Å². The van der Waals surface area contributed by atoms with Crippen molar-refractivity contribution in [2.75, 3.05) is 36.9 Å². The molecular formula is C23H28N4O3. The highest BCUT2D eigenvalue weighted by molar-refractivity contribution is 5.83. The van der Waals surface area contributed by atoms with Crippen LogP contribution < -0.4 is 15.4 Å². The molecule has 0 radical (unpaired) electrons. The molecule has 158 valence electrons. The minimum atomic E-state index is -0.226. The Bertz CT molecular complexity index is 991. The summed E-state index contributed by atoms with van der Waals surface area (Å²) in [6.07, 6.45) is 5.77. The first kappa shape index (κ1) is 20.1. The molecule has 1 aliphatic rings. The summed E-state index contributed by atoms with van der Waals surface area (Å²) in [5, 5.41) is 1.06. The average Bonchev–Trinajstić information content (AvgIpc) is 3.15. The van der Waals surface area contributed by atoms with Crippen molar-refractivity contribution in [2.24, 2.45) is 5.92 Å². The van der Waals surface area contributed by atoms with Crippen LogP contribution in [0.5, 0.6) is 5.75 Å². The number of benzene rings is 1. The van der Waals surface area contributed by atoms with E-state index in [9.17, 15) is 4.79 Å². The molecule has 1 saturated heterocycles. The zero-order chi connectivity index (χ0) is 20.9. The lowest BCUT2D eigenvalue weighted by atomic mass is 9.98. The summed E-state index contributed by atoms with van der Waals surface area (Å²) < 4.78 is 13.0. The number of pyridine rings is 1. The highest BCUT2D eigenvalue weighted by Gasteiger charge is 2.20. The lowest BCUT2D eigenvalue weighted by Gasteiger charge is -2.32. The number of hydrogen-bond donors (Lipinski definition) is 1. The van der Waals surface area contributed by atoms with Crippen LogP contribution in [-0.2, 0) is 16.1 Å². The number of carbonyl (C=O) groups is 1. The number of esters is 1. The molecule has 0 saturated carbocycles. The summed E-state index contributed by atoms with van der Waals surface area (Å²) in [5.74, 6) is 2.15. The summed E-state index contributed by atoms with van der Waals surface area (Å²) in [6, 6.07) is 11.9. The summed E-state index contributed by atoms with van der Waals surface area (Å²) in [7, 11) is 0. The fraction of sp³-hybridized carbons (Fsp3) is 0.391. The van der Waals surface area contributed by atoms with E-state index in [0.29, 0.717) is 24.8 Å². The molecule has 2 aromatic heterocycles. The van der Waals surface area contributed by atoms with Crippen molar-refractivity contribution in [1.82, 2.24) is 9.55 Å². The Balaban J connectivity index is 1.30. The maximum atomic E-state index is 11.7. The van der Waals surface area contributed by atoms with Crippen molar-refractivity contribution >= 4 is 28.4 Å². The predicted octanol–water partition coefficient (Wildman–Crippen LogP) is 3.48. The zero-order valence-corrected chi connectivity index (χ0v) is 17.3. The van der Waals surface area contributed by atoms with Crippen molar-refractivity contribution in [3.63, 3.8) is 0 Å². The minimum absolute atomic E-state index is 0.221. The molecule has 0 atom stereocenters. The van der Waals surface area contributed by atoms with Crippen molar-refractivity contribution in [1.29, 1.82) is 0 Å². The van der Waals surface area contributed by atoms with Gasteiger partial charge in [-0.1, -0.05) is 0 Å². The van der Waals surface area contributed by atoms with Gasteiger partial charge in [0.25, 0.3) is 0 Å². The Morgan fingerprint density at radius 2 is 2.03 bits per heavy atom. The van der Waals surface area contributed by atoms with Crippen molar-refractivity contribution in [2.45, 2.75) is 26.3 Å². The van der Waals surface area contributed by atoms with E-state index in [1.165, 1.54) is 0 Å². The number of nitrogen functional groups attached to an aromatic ring is 1. The summed E-state index contributed by atoms with van der Waals surface area (Å²) in [4.78, 5) is 18.5. The van der Waals surface area contributed by atoms with Gasteiger partial charge in [0.15, 0.2) is 0 Å². The molecule has 4 rings (SSSR count). The molecule has 1 fully saturated rings. The molecule has 30 heavy (non-hydrogen) atoms.